The Morgan fingerprint density at radius 1 is 0.696 bits per heavy atom. The molecule has 0 atom stereocenters. The SMILES string of the molecule is c1ccc2nc(-c3ccc4sc5ccccc5c4c3)cnc2c1. The van der Waals surface area contributed by atoms with Crippen LogP contribution in [-0.2, 0) is 0 Å². The standard InChI is InChI=1S/C20H12N2S/c1-4-8-19-14(5-1)15-11-13(9-10-20(15)23-19)18-12-21-16-6-2-3-7-17(16)22-18/h1-12H. The molecule has 0 N–H and O–H groups in total. The molecular weight excluding hydrogens is 300 g/mol. The van der Waals surface area contributed by atoms with Crippen LogP contribution in [0.1, 0.15) is 0 Å². The van der Waals surface area contributed by atoms with E-state index in [2.05, 4.69) is 47.4 Å². The maximum atomic E-state index is 4.76. The zero-order chi connectivity index (χ0) is 15.2. The topological polar surface area (TPSA) is 25.8 Å². The van der Waals surface area contributed by atoms with E-state index in [4.69, 9.17) is 4.98 Å². The van der Waals surface area contributed by atoms with Gasteiger partial charge in [-0.3, -0.25) is 4.98 Å². The number of fused-ring (bicyclic) bond motifs is 4. The molecule has 0 aliphatic heterocycles. The Kier molecular flexibility index (Phi) is 2.69. The van der Waals surface area contributed by atoms with Gasteiger partial charge in [-0.15, -0.1) is 11.3 Å². The summed E-state index contributed by atoms with van der Waals surface area (Å²) in [6.45, 7) is 0. The highest BCUT2D eigenvalue weighted by molar-refractivity contribution is 7.25. The third-order valence-corrected chi connectivity index (χ3v) is 5.27. The smallest absolute Gasteiger partial charge is 0.0894 e. The monoisotopic (exact) mass is 312 g/mol. The third kappa shape index (κ3) is 2.01. The van der Waals surface area contributed by atoms with Gasteiger partial charge in [0.05, 0.1) is 22.9 Å². The van der Waals surface area contributed by atoms with Crippen LogP contribution in [0.2, 0.25) is 0 Å². The minimum absolute atomic E-state index is 0.917. The molecule has 0 bridgehead atoms. The summed E-state index contributed by atoms with van der Waals surface area (Å²) in [5.41, 5.74) is 3.89. The van der Waals surface area contributed by atoms with Crippen molar-refractivity contribution in [3.8, 4) is 11.3 Å². The molecule has 3 aromatic carbocycles. The van der Waals surface area contributed by atoms with Gasteiger partial charge in [0, 0.05) is 25.7 Å². The molecule has 0 aliphatic rings. The fourth-order valence-electron chi connectivity index (χ4n) is 2.98. The van der Waals surface area contributed by atoms with Crippen molar-refractivity contribution in [2.45, 2.75) is 0 Å². The highest BCUT2D eigenvalue weighted by Gasteiger charge is 2.08. The molecule has 3 heteroatoms. The minimum atomic E-state index is 0.917. The molecule has 0 radical (unpaired) electrons. The first-order chi connectivity index (χ1) is 11.4. The van der Waals surface area contributed by atoms with Gasteiger partial charge in [0.2, 0.25) is 0 Å². The lowest BCUT2D eigenvalue weighted by Gasteiger charge is -2.03. The summed E-state index contributed by atoms with van der Waals surface area (Å²) in [4.78, 5) is 9.29. The Morgan fingerprint density at radius 3 is 2.43 bits per heavy atom. The lowest BCUT2D eigenvalue weighted by atomic mass is 10.1. The molecule has 0 fully saturated rings. The van der Waals surface area contributed by atoms with Crippen LogP contribution in [0, 0.1) is 0 Å². The number of hydrogen-bond donors (Lipinski definition) is 0. The second-order valence-corrected chi connectivity index (χ2v) is 6.64. The largest absolute Gasteiger partial charge is 0.252 e. The van der Waals surface area contributed by atoms with Crippen LogP contribution in [0.3, 0.4) is 0 Å². The number of hydrogen-bond acceptors (Lipinski definition) is 3. The molecule has 0 amide bonds. The molecule has 2 heterocycles. The molecule has 0 saturated heterocycles. The van der Waals surface area contributed by atoms with Crippen molar-refractivity contribution in [2.75, 3.05) is 0 Å². The second-order valence-electron chi connectivity index (χ2n) is 5.55. The fourth-order valence-corrected chi connectivity index (χ4v) is 4.07. The zero-order valence-corrected chi connectivity index (χ0v) is 13.0. The van der Waals surface area contributed by atoms with Crippen LogP contribution >= 0.6 is 11.3 Å². The number of rotatable bonds is 1. The number of nitrogens with zero attached hydrogens (tertiary/aromatic N) is 2. The minimum Gasteiger partial charge on any atom is -0.252 e. The van der Waals surface area contributed by atoms with Crippen molar-refractivity contribution < 1.29 is 0 Å². The Labute approximate surface area is 137 Å². The first kappa shape index (κ1) is 12.7. The molecule has 0 saturated carbocycles. The van der Waals surface area contributed by atoms with Crippen LogP contribution in [-0.4, -0.2) is 9.97 Å². The van der Waals surface area contributed by atoms with Gasteiger partial charge in [0.1, 0.15) is 0 Å². The Bertz CT molecular complexity index is 1170. The lowest BCUT2D eigenvalue weighted by molar-refractivity contribution is 1.30. The molecular formula is C20H12N2S. The normalized spacial score (nSPS) is 11.5. The number of aromatic nitrogens is 2. The quantitative estimate of drug-likeness (QED) is 0.399. The van der Waals surface area contributed by atoms with Crippen LogP contribution in [0.4, 0.5) is 0 Å². The summed E-state index contributed by atoms with van der Waals surface area (Å²) in [6.07, 6.45) is 1.86. The average molecular weight is 312 g/mol. The highest BCUT2D eigenvalue weighted by atomic mass is 32.1. The Hall–Kier alpha value is -2.78. The van der Waals surface area contributed by atoms with Crippen molar-refractivity contribution in [1.29, 1.82) is 0 Å². The molecule has 108 valence electrons. The van der Waals surface area contributed by atoms with Crippen LogP contribution in [0.5, 0.6) is 0 Å². The van der Waals surface area contributed by atoms with Crippen LogP contribution in [0.25, 0.3) is 42.5 Å². The van der Waals surface area contributed by atoms with E-state index >= 15 is 0 Å². The van der Waals surface area contributed by atoms with Gasteiger partial charge in [-0.25, -0.2) is 4.98 Å². The molecule has 0 spiro atoms. The lowest BCUT2D eigenvalue weighted by Crippen LogP contribution is -1.88. The van der Waals surface area contributed by atoms with Gasteiger partial charge in [0.15, 0.2) is 0 Å². The summed E-state index contributed by atoms with van der Waals surface area (Å²) < 4.78 is 2.63. The van der Waals surface area contributed by atoms with Gasteiger partial charge >= 0.3 is 0 Å². The van der Waals surface area contributed by atoms with Gasteiger partial charge in [0.25, 0.3) is 0 Å². The van der Waals surface area contributed by atoms with Crippen molar-refractivity contribution in [3.63, 3.8) is 0 Å². The van der Waals surface area contributed by atoms with Gasteiger partial charge in [-0.05, 0) is 30.3 Å². The van der Waals surface area contributed by atoms with E-state index in [1.54, 1.807) is 0 Å². The molecule has 2 nitrogen and oxygen atoms in total. The third-order valence-electron chi connectivity index (χ3n) is 4.12. The predicted octanol–water partition coefficient (Wildman–Crippen LogP) is 5.66. The fraction of sp³-hybridized carbons (Fsp3) is 0. The Balaban J connectivity index is 1.76. The van der Waals surface area contributed by atoms with E-state index in [9.17, 15) is 0 Å². The summed E-state index contributed by atoms with van der Waals surface area (Å²) in [7, 11) is 0. The highest BCUT2D eigenvalue weighted by Crippen LogP contribution is 2.35. The second kappa shape index (κ2) is 4.86. The summed E-state index contributed by atoms with van der Waals surface area (Å²) in [5, 5.41) is 2.60. The number of benzene rings is 3. The van der Waals surface area contributed by atoms with Crippen LogP contribution < -0.4 is 0 Å². The summed E-state index contributed by atoms with van der Waals surface area (Å²) >= 11 is 1.83. The van der Waals surface area contributed by atoms with E-state index in [0.717, 1.165) is 22.3 Å². The van der Waals surface area contributed by atoms with E-state index < -0.39 is 0 Å². The zero-order valence-electron chi connectivity index (χ0n) is 12.2. The van der Waals surface area contributed by atoms with E-state index in [1.165, 1.54) is 20.2 Å². The first-order valence-corrected chi connectivity index (χ1v) is 8.34. The summed E-state index contributed by atoms with van der Waals surface area (Å²) in [6, 6.07) is 23.1. The van der Waals surface area contributed by atoms with Gasteiger partial charge in [-0.1, -0.05) is 36.4 Å². The van der Waals surface area contributed by atoms with E-state index in [0.29, 0.717) is 0 Å². The molecule has 0 unspecified atom stereocenters. The van der Waals surface area contributed by atoms with Crippen molar-refractivity contribution in [2.24, 2.45) is 0 Å². The average Bonchev–Trinajstić information content (AvgIpc) is 2.99. The number of para-hydroxylation sites is 2. The predicted molar refractivity (Wildman–Crippen MR) is 97.9 cm³/mol. The molecule has 5 aromatic rings. The number of thiophene rings is 1. The summed E-state index contributed by atoms with van der Waals surface area (Å²) in [5.74, 6) is 0. The first-order valence-electron chi connectivity index (χ1n) is 7.52. The maximum absolute atomic E-state index is 4.76. The molecule has 2 aromatic heterocycles. The van der Waals surface area contributed by atoms with Crippen LogP contribution in [0.15, 0.2) is 72.9 Å². The molecule has 0 aliphatic carbocycles. The maximum Gasteiger partial charge on any atom is 0.0894 e. The van der Waals surface area contributed by atoms with Gasteiger partial charge in [-0.2, -0.15) is 0 Å². The molecule has 5 rings (SSSR count). The van der Waals surface area contributed by atoms with E-state index in [1.807, 2.05) is 41.8 Å². The molecule has 23 heavy (non-hydrogen) atoms. The van der Waals surface area contributed by atoms with E-state index in [-0.39, 0.29) is 0 Å². The van der Waals surface area contributed by atoms with Crippen molar-refractivity contribution in [3.05, 3.63) is 72.9 Å². The van der Waals surface area contributed by atoms with Gasteiger partial charge < -0.3 is 0 Å². The van der Waals surface area contributed by atoms with Crippen molar-refractivity contribution >= 4 is 42.5 Å². The Morgan fingerprint density at radius 2 is 1.48 bits per heavy atom. The van der Waals surface area contributed by atoms with Crippen molar-refractivity contribution in [1.82, 2.24) is 9.97 Å².